The zero-order chi connectivity index (χ0) is 11.8. The van der Waals surface area contributed by atoms with Crippen molar-refractivity contribution in [1.82, 2.24) is 10.6 Å². The van der Waals surface area contributed by atoms with E-state index >= 15 is 0 Å². The molecule has 0 radical (unpaired) electrons. The van der Waals surface area contributed by atoms with Crippen LogP contribution in [-0.2, 0) is 6.54 Å². The summed E-state index contributed by atoms with van der Waals surface area (Å²) in [5.41, 5.74) is 1.35. The fourth-order valence-corrected chi connectivity index (χ4v) is 1.76. The van der Waals surface area contributed by atoms with Gasteiger partial charge in [-0.3, -0.25) is 0 Å². The van der Waals surface area contributed by atoms with E-state index in [0.29, 0.717) is 0 Å². The SMILES string of the molecule is CC(C)CNCCNCc1ccc(I)cc1. The molecule has 16 heavy (non-hydrogen) atoms. The number of hydrogen-bond acceptors (Lipinski definition) is 2. The van der Waals surface area contributed by atoms with Crippen molar-refractivity contribution < 1.29 is 0 Å². The quantitative estimate of drug-likeness (QED) is 0.593. The third-order valence-corrected chi connectivity index (χ3v) is 2.99. The minimum Gasteiger partial charge on any atom is -0.315 e. The third-order valence-electron chi connectivity index (χ3n) is 2.27. The van der Waals surface area contributed by atoms with Gasteiger partial charge in [-0.05, 0) is 52.7 Å². The van der Waals surface area contributed by atoms with E-state index in [9.17, 15) is 0 Å². The lowest BCUT2D eigenvalue weighted by Crippen LogP contribution is -2.29. The molecule has 0 aliphatic heterocycles. The van der Waals surface area contributed by atoms with Crippen molar-refractivity contribution in [2.24, 2.45) is 5.92 Å². The predicted octanol–water partition coefficient (Wildman–Crippen LogP) is 2.63. The molecule has 0 aliphatic rings. The van der Waals surface area contributed by atoms with E-state index in [2.05, 4.69) is 71.3 Å². The Morgan fingerprint density at radius 1 is 1.06 bits per heavy atom. The van der Waals surface area contributed by atoms with Crippen molar-refractivity contribution in [3.05, 3.63) is 33.4 Å². The first-order chi connectivity index (χ1) is 7.68. The molecule has 1 aromatic carbocycles. The van der Waals surface area contributed by atoms with Crippen LogP contribution in [0.25, 0.3) is 0 Å². The van der Waals surface area contributed by atoms with Gasteiger partial charge >= 0.3 is 0 Å². The highest BCUT2D eigenvalue weighted by Crippen LogP contribution is 2.06. The molecule has 0 unspecified atom stereocenters. The average molecular weight is 332 g/mol. The van der Waals surface area contributed by atoms with Gasteiger partial charge in [0, 0.05) is 23.2 Å². The van der Waals surface area contributed by atoms with Gasteiger partial charge in [-0.15, -0.1) is 0 Å². The molecule has 0 aromatic heterocycles. The van der Waals surface area contributed by atoms with E-state index in [4.69, 9.17) is 0 Å². The molecular weight excluding hydrogens is 311 g/mol. The van der Waals surface area contributed by atoms with E-state index in [-0.39, 0.29) is 0 Å². The van der Waals surface area contributed by atoms with Crippen LogP contribution in [0.5, 0.6) is 0 Å². The average Bonchev–Trinajstić information content (AvgIpc) is 2.25. The Labute approximate surface area is 112 Å². The maximum absolute atomic E-state index is 3.43. The van der Waals surface area contributed by atoms with Gasteiger partial charge in [0.25, 0.3) is 0 Å². The number of nitrogens with one attached hydrogen (secondary N) is 2. The van der Waals surface area contributed by atoms with Crippen LogP contribution >= 0.6 is 22.6 Å². The van der Waals surface area contributed by atoms with E-state index in [1.807, 2.05) is 0 Å². The van der Waals surface area contributed by atoms with Gasteiger partial charge in [0.1, 0.15) is 0 Å². The Bertz CT molecular complexity index is 282. The Hall–Kier alpha value is -0.130. The highest BCUT2D eigenvalue weighted by molar-refractivity contribution is 14.1. The van der Waals surface area contributed by atoms with Gasteiger partial charge in [0.15, 0.2) is 0 Å². The van der Waals surface area contributed by atoms with Gasteiger partial charge in [0.2, 0.25) is 0 Å². The van der Waals surface area contributed by atoms with E-state index in [0.717, 1.165) is 32.1 Å². The predicted molar refractivity (Wildman–Crippen MR) is 78.6 cm³/mol. The number of benzene rings is 1. The van der Waals surface area contributed by atoms with Crippen LogP contribution in [0.15, 0.2) is 24.3 Å². The summed E-state index contributed by atoms with van der Waals surface area (Å²) in [4.78, 5) is 0. The molecule has 0 saturated heterocycles. The Balaban J connectivity index is 2.05. The highest BCUT2D eigenvalue weighted by atomic mass is 127. The summed E-state index contributed by atoms with van der Waals surface area (Å²) >= 11 is 2.33. The zero-order valence-corrected chi connectivity index (χ0v) is 12.3. The van der Waals surface area contributed by atoms with Crippen LogP contribution in [0.2, 0.25) is 0 Å². The second-order valence-corrected chi connectivity index (χ2v) is 5.65. The lowest BCUT2D eigenvalue weighted by Gasteiger charge is -2.08. The number of halogens is 1. The summed E-state index contributed by atoms with van der Waals surface area (Å²) in [6.45, 7) is 8.59. The monoisotopic (exact) mass is 332 g/mol. The molecule has 90 valence electrons. The standard InChI is InChI=1S/C13H21IN2/c1-11(2)9-15-7-8-16-10-12-3-5-13(14)6-4-12/h3-6,11,15-16H,7-10H2,1-2H3. The summed E-state index contributed by atoms with van der Waals surface area (Å²) in [6, 6.07) is 8.65. The van der Waals surface area contributed by atoms with Crippen molar-refractivity contribution in [3.63, 3.8) is 0 Å². The molecule has 0 spiro atoms. The molecule has 0 amide bonds. The maximum atomic E-state index is 3.43. The lowest BCUT2D eigenvalue weighted by molar-refractivity contribution is 0.535. The molecule has 3 heteroatoms. The first kappa shape index (κ1) is 13.9. The van der Waals surface area contributed by atoms with Crippen LogP contribution < -0.4 is 10.6 Å². The Kier molecular flexibility index (Phi) is 7.00. The zero-order valence-electron chi connectivity index (χ0n) is 10.1. The first-order valence-electron chi connectivity index (χ1n) is 5.84. The highest BCUT2D eigenvalue weighted by Gasteiger charge is 1.94. The van der Waals surface area contributed by atoms with Crippen LogP contribution in [0.3, 0.4) is 0 Å². The van der Waals surface area contributed by atoms with E-state index in [1.165, 1.54) is 9.13 Å². The maximum Gasteiger partial charge on any atom is 0.0206 e. The molecular formula is C13H21IN2. The molecule has 2 nitrogen and oxygen atoms in total. The van der Waals surface area contributed by atoms with Crippen molar-refractivity contribution in [2.75, 3.05) is 19.6 Å². The van der Waals surface area contributed by atoms with Gasteiger partial charge in [-0.2, -0.15) is 0 Å². The first-order valence-corrected chi connectivity index (χ1v) is 6.92. The summed E-state index contributed by atoms with van der Waals surface area (Å²) in [5.74, 6) is 0.733. The third kappa shape index (κ3) is 6.45. The summed E-state index contributed by atoms with van der Waals surface area (Å²) in [6.07, 6.45) is 0. The summed E-state index contributed by atoms with van der Waals surface area (Å²) < 4.78 is 1.29. The van der Waals surface area contributed by atoms with Crippen LogP contribution in [0.1, 0.15) is 19.4 Å². The fourth-order valence-electron chi connectivity index (χ4n) is 1.40. The molecule has 0 bridgehead atoms. The smallest absolute Gasteiger partial charge is 0.0206 e. The normalized spacial score (nSPS) is 11.0. The van der Waals surface area contributed by atoms with Crippen molar-refractivity contribution in [1.29, 1.82) is 0 Å². The molecule has 0 atom stereocenters. The van der Waals surface area contributed by atoms with Crippen molar-refractivity contribution in [3.8, 4) is 0 Å². The molecule has 1 rings (SSSR count). The fraction of sp³-hybridized carbons (Fsp3) is 0.538. The van der Waals surface area contributed by atoms with Crippen LogP contribution in [0.4, 0.5) is 0 Å². The van der Waals surface area contributed by atoms with Crippen LogP contribution in [-0.4, -0.2) is 19.6 Å². The summed E-state index contributed by atoms with van der Waals surface area (Å²) in [7, 11) is 0. The van der Waals surface area contributed by atoms with Gasteiger partial charge < -0.3 is 10.6 Å². The van der Waals surface area contributed by atoms with Crippen molar-refractivity contribution >= 4 is 22.6 Å². The van der Waals surface area contributed by atoms with Crippen LogP contribution in [0, 0.1) is 9.49 Å². The second-order valence-electron chi connectivity index (χ2n) is 4.40. The molecule has 2 N–H and O–H groups in total. The van der Waals surface area contributed by atoms with Gasteiger partial charge in [-0.25, -0.2) is 0 Å². The molecule has 0 fully saturated rings. The molecule has 0 heterocycles. The topological polar surface area (TPSA) is 24.1 Å². The van der Waals surface area contributed by atoms with E-state index < -0.39 is 0 Å². The van der Waals surface area contributed by atoms with E-state index in [1.54, 1.807) is 0 Å². The minimum absolute atomic E-state index is 0.733. The van der Waals surface area contributed by atoms with Crippen molar-refractivity contribution in [2.45, 2.75) is 20.4 Å². The Morgan fingerprint density at radius 3 is 2.31 bits per heavy atom. The molecule has 1 aromatic rings. The molecule has 0 saturated carbocycles. The number of hydrogen-bond donors (Lipinski definition) is 2. The largest absolute Gasteiger partial charge is 0.315 e. The lowest BCUT2D eigenvalue weighted by atomic mass is 10.2. The van der Waals surface area contributed by atoms with Gasteiger partial charge in [0.05, 0.1) is 0 Å². The Morgan fingerprint density at radius 2 is 1.69 bits per heavy atom. The minimum atomic E-state index is 0.733. The summed E-state index contributed by atoms with van der Waals surface area (Å²) in [5, 5.41) is 6.85. The van der Waals surface area contributed by atoms with Gasteiger partial charge in [-0.1, -0.05) is 26.0 Å². The molecule has 0 aliphatic carbocycles. The second kappa shape index (κ2) is 8.03. The number of rotatable bonds is 7.